The molecule has 0 unspecified atom stereocenters. The quantitative estimate of drug-likeness (QED) is 0.588. The highest BCUT2D eigenvalue weighted by atomic mass is 16.5. The highest BCUT2D eigenvalue weighted by Gasteiger charge is 2.34. The average Bonchev–Trinajstić information content (AvgIpc) is 2.86. The van der Waals surface area contributed by atoms with Crippen LogP contribution in [-0.2, 0) is 14.3 Å². The smallest absolute Gasteiger partial charge is 0.318 e. The van der Waals surface area contributed by atoms with E-state index < -0.39 is 11.9 Å². The molecule has 0 N–H and O–H groups in total. The van der Waals surface area contributed by atoms with Crippen molar-refractivity contribution >= 4 is 17.8 Å². The van der Waals surface area contributed by atoms with Crippen molar-refractivity contribution in [2.24, 2.45) is 0 Å². The molecule has 8 nitrogen and oxygen atoms in total. The van der Waals surface area contributed by atoms with Crippen molar-refractivity contribution in [3.05, 3.63) is 78.1 Å². The molecule has 0 bridgehead atoms. The molecule has 0 atom stereocenters. The lowest BCUT2D eigenvalue weighted by atomic mass is 9.88. The number of ether oxygens (including phenoxy) is 2. The molecule has 0 radical (unpaired) electrons. The number of para-hydroxylation sites is 2. The summed E-state index contributed by atoms with van der Waals surface area (Å²) in [4.78, 5) is 38.0. The monoisotopic (exact) mass is 430 g/mol. The first-order valence-corrected chi connectivity index (χ1v) is 10.5. The summed E-state index contributed by atoms with van der Waals surface area (Å²) in [6, 6.07) is 16.6. The van der Waals surface area contributed by atoms with Gasteiger partial charge in [-0.15, -0.1) is 0 Å². The van der Waals surface area contributed by atoms with Crippen LogP contribution in [0.1, 0.15) is 17.0 Å². The van der Waals surface area contributed by atoms with E-state index in [0.29, 0.717) is 43.6 Å². The van der Waals surface area contributed by atoms with Crippen molar-refractivity contribution in [1.82, 2.24) is 14.9 Å². The molecule has 1 aromatic heterocycles. The van der Waals surface area contributed by atoms with E-state index in [1.165, 1.54) is 0 Å². The molecule has 2 aromatic carbocycles. The number of amides is 1. The van der Waals surface area contributed by atoms with Crippen molar-refractivity contribution in [2.75, 3.05) is 37.7 Å². The number of rotatable bonds is 4. The van der Waals surface area contributed by atoms with E-state index in [2.05, 4.69) is 9.97 Å². The van der Waals surface area contributed by atoms with Crippen molar-refractivity contribution in [3.63, 3.8) is 0 Å². The lowest BCUT2D eigenvalue weighted by Crippen LogP contribution is -2.50. The van der Waals surface area contributed by atoms with Crippen molar-refractivity contribution in [1.29, 1.82) is 0 Å². The predicted octanol–water partition coefficient (Wildman–Crippen LogP) is 2.61. The van der Waals surface area contributed by atoms with Gasteiger partial charge in [0.1, 0.15) is 17.4 Å². The average molecular weight is 430 g/mol. The summed E-state index contributed by atoms with van der Waals surface area (Å²) in [5, 5.41) is 0. The molecule has 2 aliphatic heterocycles. The molecule has 1 fully saturated rings. The molecule has 162 valence electrons. The third-order valence-corrected chi connectivity index (χ3v) is 5.72. The van der Waals surface area contributed by atoms with Crippen LogP contribution in [0.15, 0.2) is 67.0 Å². The van der Waals surface area contributed by atoms with Gasteiger partial charge in [-0.25, -0.2) is 9.97 Å². The highest BCUT2D eigenvalue weighted by molar-refractivity contribution is 5.88. The maximum Gasteiger partial charge on any atom is 0.318 e. The molecule has 1 amide bonds. The molecular formula is C24H22N4O4. The molecule has 32 heavy (non-hydrogen) atoms. The minimum atomic E-state index is -0.629. The van der Waals surface area contributed by atoms with Gasteiger partial charge >= 0.3 is 5.97 Å². The first kappa shape index (κ1) is 20.0. The van der Waals surface area contributed by atoms with E-state index in [0.717, 1.165) is 11.1 Å². The Kier molecular flexibility index (Phi) is 5.41. The fraction of sp³-hybridized carbons (Fsp3) is 0.250. The van der Waals surface area contributed by atoms with E-state index in [9.17, 15) is 9.59 Å². The number of esters is 1. The van der Waals surface area contributed by atoms with Crippen LogP contribution in [0.5, 0.6) is 11.5 Å². The molecular weight excluding hydrogens is 408 g/mol. The number of benzene rings is 2. The Balaban J connectivity index is 1.23. The SMILES string of the molecule is O=C(OCC(=O)N1CCN(c2ncccn2)CC1)C1c2ccccc2Oc2ccccc21. The molecule has 0 saturated carbocycles. The normalized spacial score (nSPS) is 15.4. The number of carbonyl (C=O) groups excluding carboxylic acids is 2. The fourth-order valence-corrected chi connectivity index (χ4v) is 4.08. The molecule has 0 spiro atoms. The van der Waals surface area contributed by atoms with Gasteiger partial charge in [0.15, 0.2) is 6.61 Å². The van der Waals surface area contributed by atoms with E-state index in [4.69, 9.17) is 9.47 Å². The van der Waals surface area contributed by atoms with E-state index in [-0.39, 0.29) is 12.5 Å². The summed E-state index contributed by atoms with van der Waals surface area (Å²) < 4.78 is 11.4. The summed E-state index contributed by atoms with van der Waals surface area (Å²) in [5.41, 5.74) is 1.47. The molecule has 0 aliphatic carbocycles. The molecule has 3 heterocycles. The maximum absolute atomic E-state index is 13.1. The van der Waals surface area contributed by atoms with Gasteiger partial charge in [0.25, 0.3) is 5.91 Å². The standard InChI is InChI=1S/C24H22N4O4/c29-21(27-12-14-28(15-13-27)24-25-10-5-11-26-24)16-31-23(30)22-17-6-1-3-8-19(17)32-20-9-4-2-7-18(20)22/h1-11,22H,12-16H2. The van der Waals surface area contributed by atoms with Crippen molar-refractivity contribution in [2.45, 2.75) is 5.92 Å². The molecule has 8 heteroatoms. The van der Waals surface area contributed by atoms with Crippen molar-refractivity contribution < 1.29 is 19.1 Å². The zero-order valence-electron chi connectivity index (χ0n) is 17.4. The Labute approximate surface area is 185 Å². The van der Waals surface area contributed by atoms with Crippen LogP contribution < -0.4 is 9.64 Å². The Morgan fingerprint density at radius 1 is 0.875 bits per heavy atom. The zero-order chi connectivity index (χ0) is 21.9. The summed E-state index contributed by atoms with van der Waals surface area (Å²) in [7, 11) is 0. The summed E-state index contributed by atoms with van der Waals surface area (Å²) in [5.74, 6) is 0.606. The van der Waals surface area contributed by atoms with Gasteiger partial charge in [-0.3, -0.25) is 9.59 Å². The van der Waals surface area contributed by atoms with Crippen LogP contribution in [0.3, 0.4) is 0 Å². The number of piperazine rings is 1. The zero-order valence-corrected chi connectivity index (χ0v) is 17.4. The van der Waals surface area contributed by atoms with Crippen LogP contribution in [0.25, 0.3) is 0 Å². The molecule has 5 rings (SSSR count). The van der Waals surface area contributed by atoms with E-state index in [1.54, 1.807) is 23.4 Å². The van der Waals surface area contributed by atoms with Gasteiger partial charge < -0.3 is 19.3 Å². The minimum absolute atomic E-state index is 0.208. The summed E-state index contributed by atoms with van der Waals surface area (Å²) in [6.07, 6.45) is 3.40. The lowest BCUT2D eigenvalue weighted by molar-refractivity contribution is -0.152. The number of hydrogen-bond acceptors (Lipinski definition) is 7. The number of nitrogens with zero attached hydrogens (tertiary/aromatic N) is 4. The largest absolute Gasteiger partial charge is 0.457 e. The predicted molar refractivity (Wildman–Crippen MR) is 117 cm³/mol. The van der Waals surface area contributed by atoms with Gasteiger partial charge in [0.2, 0.25) is 5.95 Å². The lowest BCUT2D eigenvalue weighted by Gasteiger charge is -2.34. The first-order valence-electron chi connectivity index (χ1n) is 10.5. The highest BCUT2D eigenvalue weighted by Crippen LogP contribution is 2.44. The first-order chi connectivity index (χ1) is 15.7. The van der Waals surface area contributed by atoms with E-state index >= 15 is 0 Å². The second kappa shape index (κ2) is 8.66. The van der Waals surface area contributed by atoms with Crippen LogP contribution in [0.2, 0.25) is 0 Å². The summed E-state index contributed by atoms with van der Waals surface area (Å²) >= 11 is 0. The Morgan fingerprint density at radius 2 is 1.47 bits per heavy atom. The Hall–Kier alpha value is -3.94. The fourth-order valence-electron chi connectivity index (χ4n) is 4.08. The second-order valence-electron chi connectivity index (χ2n) is 7.64. The van der Waals surface area contributed by atoms with Gasteiger partial charge in [0.05, 0.1) is 0 Å². The second-order valence-corrected chi connectivity index (χ2v) is 7.64. The Bertz CT molecular complexity index is 1080. The third kappa shape index (κ3) is 3.87. The molecule has 3 aromatic rings. The summed E-state index contributed by atoms with van der Waals surface area (Å²) in [6.45, 7) is 2.02. The van der Waals surface area contributed by atoms with Gasteiger partial charge in [-0.1, -0.05) is 36.4 Å². The number of anilines is 1. The number of hydrogen-bond donors (Lipinski definition) is 0. The van der Waals surface area contributed by atoms with Crippen LogP contribution in [0, 0.1) is 0 Å². The van der Waals surface area contributed by atoms with Gasteiger partial charge in [0, 0.05) is 49.7 Å². The van der Waals surface area contributed by atoms with Crippen LogP contribution in [0.4, 0.5) is 5.95 Å². The number of aromatic nitrogens is 2. The van der Waals surface area contributed by atoms with Gasteiger partial charge in [-0.05, 0) is 18.2 Å². The number of fused-ring (bicyclic) bond motifs is 2. The van der Waals surface area contributed by atoms with E-state index in [1.807, 2.05) is 53.4 Å². The third-order valence-electron chi connectivity index (χ3n) is 5.72. The van der Waals surface area contributed by atoms with Crippen molar-refractivity contribution in [3.8, 4) is 11.5 Å². The molecule has 1 saturated heterocycles. The maximum atomic E-state index is 13.1. The van der Waals surface area contributed by atoms with Crippen LogP contribution >= 0.6 is 0 Å². The Morgan fingerprint density at radius 3 is 2.09 bits per heavy atom. The topological polar surface area (TPSA) is 84.9 Å². The minimum Gasteiger partial charge on any atom is -0.457 e. The number of carbonyl (C=O) groups is 2. The van der Waals surface area contributed by atoms with Crippen LogP contribution in [-0.4, -0.2) is 59.5 Å². The molecule has 2 aliphatic rings. The van der Waals surface area contributed by atoms with Gasteiger partial charge in [-0.2, -0.15) is 0 Å².